The molecule has 0 aromatic carbocycles. The molecule has 0 spiro atoms. The zero-order valence-corrected chi connectivity index (χ0v) is 8.78. The molecule has 2 heterocycles. The van der Waals surface area contributed by atoms with Crippen LogP contribution in [0.4, 0.5) is 0 Å². The molecule has 0 radical (unpaired) electrons. The number of hydrogen-bond donors (Lipinski definition) is 0. The van der Waals surface area contributed by atoms with Gasteiger partial charge in [-0.05, 0) is 24.0 Å². The standard InChI is InChI=1S/C9H8N2S2/c1-3-12-9-11-8-7(13-9)4-6(2)5-10-8/h3-5H,1H2,2H3. The summed E-state index contributed by atoms with van der Waals surface area (Å²) in [6.07, 6.45) is 1.84. The summed E-state index contributed by atoms with van der Waals surface area (Å²) in [6.45, 7) is 5.69. The van der Waals surface area contributed by atoms with Crippen molar-refractivity contribution in [3.63, 3.8) is 0 Å². The lowest BCUT2D eigenvalue weighted by Gasteiger charge is -1.87. The molecule has 66 valence electrons. The van der Waals surface area contributed by atoms with Crippen LogP contribution in [-0.4, -0.2) is 9.97 Å². The number of thioether (sulfide) groups is 1. The van der Waals surface area contributed by atoms with E-state index in [2.05, 4.69) is 22.6 Å². The minimum absolute atomic E-state index is 0.833. The van der Waals surface area contributed by atoms with Gasteiger partial charge in [0.05, 0.1) is 4.70 Å². The highest BCUT2D eigenvalue weighted by molar-refractivity contribution is 8.03. The lowest BCUT2D eigenvalue weighted by molar-refractivity contribution is 1.22. The molecule has 0 N–H and O–H groups in total. The normalized spacial score (nSPS) is 10.5. The SMILES string of the molecule is C=CSc1nc2ncc(C)cc2s1. The molecule has 0 aliphatic carbocycles. The number of fused-ring (bicyclic) bond motifs is 1. The maximum absolute atomic E-state index is 4.34. The Morgan fingerprint density at radius 3 is 3.23 bits per heavy atom. The number of aromatic nitrogens is 2. The van der Waals surface area contributed by atoms with Gasteiger partial charge in [-0.2, -0.15) is 0 Å². The quantitative estimate of drug-likeness (QED) is 0.709. The maximum atomic E-state index is 4.34. The minimum Gasteiger partial charge on any atom is -0.236 e. The first-order chi connectivity index (χ1) is 6.29. The van der Waals surface area contributed by atoms with Gasteiger partial charge in [-0.1, -0.05) is 18.3 Å². The molecule has 0 saturated heterocycles. The zero-order valence-electron chi connectivity index (χ0n) is 7.15. The average molecular weight is 208 g/mol. The topological polar surface area (TPSA) is 25.8 Å². The van der Waals surface area contributed by atoms with Gasteiger partial charge in [-0.3, -0.25) is 0 Å². The average Bonchev–Trinajstić information content (AvgIpc) is 2.46. The number of nitrogens with zero attached hydrogens (tertiary/aromatic N) is 2. The molecular weight excluding hydrogens is 200 g/mol. The largest absolute Gasteiger partial charge is 0.236 e. The summed E-state index contributed by atoms with van der Waals surface area (Å²) < 4.78 is 2.15. The van der Waals surface area contributed by atoms with Crippen molar-refractivity contribution in [1.29, 1.82) is 0 Å². The molecule has 0 bridgehead atoms. The molecule has 13 heavy (non-hydrogen) atoms. The second kappa shape index (κ2) is 3.47. The van der Waals surface area contributed by atoms with Crippen molar-refractivity contribution in [2.45, 2.75) is 11.3 Å². The Morgan fingerprint density at radius 2 is 2.46 bits per heavy atom. The third-order valence-electron chi connectivity index (χ3n) is 1.55. The first-order valence-electron chi connectivity index (χ1n) is 3.80. The number of rotatable bonds is 2. The highest BCUT2D eigenvalue weighted by Gasteiger charge is 2.03. The van der Waals surface area contributed by atoms with E-state index in [4.69, 9.17) is 0 Å². The van der Waals surface area contributed by atoms with Gasteiger partial charge in [0.25, 0.3) is 0 Å². The molecule has 0 atom stereocenters. The van der Waals surface area contributed by atoms with Crippen LogP contribution in [0.15, 0.2) is 28.6 Å². The smallest absolute Gasteiger partial charge is 0.171 e. The van der Waals surface area contributed by atoms with E-state index < -0.39 is 0 Å². The highest BCUT2D eigenvalue weighted by atomic mass is 32.2. The van der Waals surface area contributed by atoms with Gasteiger partial charge < -0.3 is 0 Å². The van der Waals surface area contributed by atoms with E-state index >= 15 is 0 Å². The molecule has 2 nitrogen and oxygen atoms in total. The maximum Gasteiger partial charge on any atom is 0.171 e. The lowest BCUT2D eigenvalue weighted by atomic mass is 10.3. The van der Waals surface area contributed by atoms with Crippen molar-refractivity contribution in [2.24, 2.45) is 0 Å². The van der Waals surface area contributed by atoms with E-state index in [0.29, 0.717) is 0 Å². The van der Waals surface area contributed by atoms with Crippen LogP contribution in [0.2, 0.25) is 0 Å². The van der Waals surface area contributed by atoms with Crippen LogP contribution in [0.25, 0.3) is 10.3 Å². The van der Waals surface area contributed by atoms with Crippen molar-refractivity contribution in [2.75, 3.05) is 0 Å². The van der Waals surface area contributed by atoms with Gasteiger partial charge in [0.1, 0.15) is 0 Å². The van der Waals surface area contributed by atoms with Gasteiger partial charge in [-0.15, -0.1) is 11.3 Å². The van der Waals surface area contributed by atoms with Gasteiger partial charge in [0, 0.05) is 6.20 Å². The minimum atomic E-state index is 0.833. The van der Waals surface area contributed by atoms with Crippen LogP contribution >= 0.6 is 23.1 Å². The summed E-state index contributed by atoms with van der Waals surface area (Å²) in [6, 6.07) is 2.10. The van der Waals surface area contributed by atoms with Crippen molar-refractivity contribution in [3.05, 3.63) is 29.8 Å². The molecular formula is C9H8N2S2. The fraction of sp³-hybridized carbons (Fsp3) is 0.111. The van der Waals surface area contributed by atoms with Crippen molar-refractivity contribution in [1.82, 2.24) is 9.97 Å². The Hall–Kier alpha value is -0.870. The van der Waals surface area contributed by atoms with Crippen LogP contribution < -0.4 is 0 Å². The summed E-state index contributed by atoms with van der Waals surface area (Å²) in [5.41, 5.74) is 2.01. The Morgan fingerprint density at radius 1 is 1.62 bits per heavy atom. The molecule has 4 heteroatoms. The number of aryl methyl sites for hydroxylation is 1. The van der Waals surface area contributed by atoms with Crippen molar-refractivity contribution >= 4 is 33.4 Å². The van der Waals surface area contributed by atoms with E-state index in [1.54, 1.807) is 16.7 Å². The number of thiazole rings is 1. The fourth-order valence-electron chi connectivity index (χ4n) is 1.02. The van der Waals surface area contributed by atoms with E-state index in [9.17, 15) is 0 Å². The van der Waals surface area contributed by atoms with E-state index in [0.717, 1.165) is 14.7 Å². The third-order valence-corrected chi connectivity index (χ3v) is 3.33. The van der Waals surface area contributed by atoms with Crippen LogP contribution in [0, 0.1) is 6.92 Å². The van der Waals surface area contributed by atoms with Gasteiger partial charge >= 0.3 is 0 Å². The van der Waals surface area contributed by atoms with Crippen molar-refractivity contribution in [3.8, 4) is 0 Å². The van der Waals surface area contributed by atoms with E-state index in [1.165, 1.54) is 17.3 Å². The van der Waals surface area contributed by atoms with Gasteiger partial charge in [-0.25, -0.2) is 9.97 Å². The lowest BCUT2D eigenvalue weighted by Crippen LogP contribution is -1.77. The summed E-state index contributed by atoms with van der Waals surface area (Å²) in [4.78, 5) is 8.58. The third kappa shape index (κ3) is 1.73. The first-order valence-corrected chi connectivity index (χ1v) is 5.50. The van der Waals surface area contributed by atoms with Crippen LogP contribution in [-0.2, 0) is 0 Å². The number of pyridine rings is 1. The summed E-state index contributed by atoms with van der Waals surface area (Å²) in [5, 5.41) is 1.78. The zero-order chi connectivity index (χ0) is 9.26. The molecule has 2 rings (SSSR count). The second-order valence-electron chi connectivity index (χ2n) is 2.60. The fourth-order valence-corrected chi connectivity index (χ4v) is 2.72. The molecule has 0 saturated carbocycles. The molecule has 0 aliphatic heterocycles. The van der Waals surface area contributed by atoms with Crippen molar-refractivity contribution < 1.29 is 0 Å². The predicted octanol–water partition coefficient (Wildman–Crippen LogP) is 3.24. The first kappa shape index (κ1) is 8.72. The molecule has 0 aliphatic rings. The Labute approximate surface area is 84.7 Å². The highest BCUT2D eigenvalue weighted by Crippen LogP contribution is 2.28. The molecule has 0 amide bonds. The van der Waals surface area contributed by atoms with Gasteiger partial charge in [0.2, 0.25) is 0 Å². The van der Waals surface area contributed by atoms with Crippen LogP contribution in [0.1, 0.15) is 5.56 Å². The molecule has 0 fully saturated rings. The monoisotopic (exact) mass is 208 g/mol. The van der Waals surface area contributed by atoms with E-state index in [1.807, 2.05) is 13.1 Å². The number of hydrogen-bond acceptors (Lipinski definition) is 4. The Bertz CT molecular complexity index is 448. The Balaban J connectivity index is 2.55. The summed E-state index contributed by atoms with van der Waals surface area (Å²) >= 11 is 3.19. The molecule has 0 unspecified atom stereocenters. The van der Waals surface area contributed by atoms with Gasteiger partial charge in [0.15, 0.2) is 9.99 Å². The second-order valence-corrected chi connectivity index (χ2v) is 4.84. The van der Waals surface area contributed by atoms with Crippen LogP contribution in [0.3, 0.4) is 0 Å². The van der Waals surface area contributed by atoms with E-state index in [-0.39, 0.29) is 0 Å². The summed E-state index contributed by atoms with van der Waals surface area (Å²) in [7, 11) is 0. The predicted molar refractivity (Wildman–Crippen MR) is 58.2 cm³/mol. The molecule has 2 aromatic rings. The van der Waals surface area contributed by atoms with Crippen LogP contribution in [0.5, 0.6) is 0 Å². The Kier molecular flexibility index (Phi) is 2.33. The summed E-state index contributed by atoms with van der Waals surface area (Å²) in [5.74, 6) is 0. The molecule has 2 aromatic heterocycles.